The molecule has 6 heteroatoms. The van der Waals surface area contributed by atoms with Gasteiger partial charge >= 0.3 is 11.9 Å². The van der Waals surface area contributed by atoms with E-state index in [-0.39, 0.29) is 0 Å². The molecule has 0 saturated heterocycles. The van der Waals surface area contributed by atoms with Crippen molar-refractivity contribution >= 4 is 11.9 Å². The minimum Gasteiger partial charge on any atom is -0.478 e. The normalized spacial score (nSPS) is 11.8. The van der Waals surface area contributed by atoms with E-state index in [9.17, 15) is 9.59 Å². The number of aliphatic hydroxyl groups excluding tert-OH is 1. The van der Waals surface area contributed by atoms with E-state index in [1.165, 1.54) is 0 Å². The van der Waals surface area contributed by atoms with Gasteiger partial charge < -0.3 is 20.4 Å². The summed E-state index contributed by atoms with van der Waals surface area (Å²) in [5.74, 6) is -3.81. The Morgan fingerprint density at radius 3 is 1.92 bits per heavy atom. The molecule has 0 atom stereocenters. The van der Waals surface area contributed by atoms with Crippen LogP contribution >= 0.6 is 0 Å². The average molecular weight is 176 g/mol. The van der Waals surface area contributed by atoms with Crippen molar-refractivity contribution in [1.82, 2.24) is 0 Å². The summed E-state index contributed by atoms with van der Waals surface area (Å²) in [6.45, 7) is -0.539. The van der Waals surface area contributed by atoms with Crippen LogP contribution < -0.4 is 0 Å². The van der Waals surface area contributed by atoms with Gasteiger partial charge in [0, 0.05) is 0 Å². The average Bonchev–Trinajstić information content (AvgIpc) is 1.99. The molecular weight excluding hydrogens is 168 g/mol. The third kappa shape index (κ3) is 2.04. The van der Waals surface area contributed by atoms with Crippen LogP contribution in [0.3, 0.4) is 0 Å². The van der Waals surface area contributed by atoms with Gasteiger partial charge in [-0.3, -0.25) is 0 Å². The predicted molar refractivity (Wildman–Crippen MR) is 36.4 cm³/mol. The molecule has 4 N–H and O–H groups in total. The van der Waals surface area contributed by atoms with E-state index in [1.54, 1.807) is 0 Å². The lowest BCUT2D eigenvalue weighted by atomic mass is 10.1. The first-order valence-electron chi connectivity index (χ1n) is 2.93. The van der Waals surface area contributed by atoms with Crippen molar-refractivity contribution < 1.29 is 30.0 Å². The highest BCUT2D eigenvalue weighted by Crippen LogP contribution is 2.06. The minimum absolute atomic E-state index is 0.498. The second-order valence-electron chi connectivity index (χ2n) is 1.96. The Balaban J connectivity index is 4.75. The molecule has 0 aromatic carbocycles. The molecule has 0 aromatic rings. The summed E-state index contributed by atoms with van der Waals surface area (Å²) < 4.78 is 0. The number of aliphatic hydroxyl groups is 2. The van der Waals surface area contributed by atoms with Crippen LogP contribution in [0.1, 0.15) is 0 Å². The van der Waals surface area contributed by atoms with Crippen LogP contribution in [-0.4, -0.2) is 44.6 Å². The molecule has 0 aliphatic carbocycles. The molecule has 0 saturated carbocycles. The first-order chi connectivity index (χ1) is 5.45. The van der Waals surface area contributed by atoms with Crippen molar-refractivity contribution in [2.45, 2.75) is 5.60 Å². The molecule has 0 amide bonds. The first kappa shape index (κ1) is 10.6. The van der Waals surface area contributed by atoms with Gasteiger partial charge in [-0.25, -0.2) is 9.59 Å². The summed E-state index contributed by atoms with van der Waals surface area (Å²) >= 11 is 0. The number of aliphatic carboxylic acids is 2. The van der Waals surface area contributed by atoms with Crippen LogP contribution in [0, 0.1) is 0 Å². The number of carbonyl (C=O) groups is 2. The minimum atomic E-state index is -2.96. The van der Waals surface area contributed by atoms with Gasteiger partial charge in [-0.15, -0.1) is 0 Å². The van der Waals surface area contributed by atoms with E-state index in [0.717, 1.165) is 6.08 Å². The summed E-state index contributed by atoms with van der Waals surface area (Å²) in [5, 5.41) is 33.6. The zero-order chi connectivity index (χ0) is 9.78. The molecule has 0 rings (SSSR count). The third-order valence-electron chi connectivity index (χ3n) is 1.12. The topological polar surface area (TPSA) is 115 Å². The Labute approximate surface area is 67.4 Å². The van der Waals surface area contributed by atoms with E-state index in [4.69, 9.17) is 20.4 Å². The highest BCUT2D eigenvalue weighted by atomic mass is 16.4. The van der Waals surface area contributed by atoms with Crippen molar-refractivity contribution in [2.24, 2.45) is 0 Å². The Bertz CT molecular complexity index is 204. The second-order valence-corrected chi connectivity index (χ2v) is 1.96. The third-order valence-corrected chi connectivity index (χ3v) is 1.12. The fourth-order valence-electron chi connectivity index (χ4n) is 0.457. The molecule has 0 bridgehead atoms. The summed E-state index contributed by atoms with van der Waals surface area (Å²) in [7, 11) is 0. The molecule has 0 aliphatic rings. The zero-order valence-corrected chi connectivity index (χ0v) is 5.97. The zero-order valence-electron chi connectivity index (χ0n) is 5.97. The Kier molecular flexibility index (Phi) is 3.39. The number of hydrogen-bond donors (Lipinski definition) is 4. The predicted octanol–water partition coefficient (Wildman–Crippen LogP) is -1.56. The Hall–Kier alpha value is -1.40. The van der Waals surface area contributed by atoms with Crippen molar-refractivity contribution in [3.63, 3.8) is 0 Å². The first-order valence-corrected chi connectivity index (χ1v) is 2.93. The van der Waals surface area contributed by atoms with Crippen molar-refractivity contribution in [3.8, 4) is 0 Å². The highest BCUT2D eigenvalue weighted by molar-refractivity contribution is 6.03. The summed E-state index contributed by atoms with van der Waals surface area (Å²) in [4.78, 5) is 20.4. The molecule has 0 unspecified atom stereocenters. The van der Waals surface area contributed by atoms with Gasteiger partial charge in [0.15, 0.2) is 0 Å². The van der Waals surface area contributed by atoms with E-state index in [2.05, 4.69) is 0 Å². The Morgan fingerprint density at radius 2 is 1.67 bits per heavy atom. The lowest BCUT2D eigenvalue weighted by Gasteiger charge is -2.12. The maximum Gasteiger partial charge on any atom is 0.351 e. The van der Waals surface area contributed by atoms with Crippen LogP contribution in [0.25, 0.3) is 0 Å². The number of carboxylic acids is 2. The van der Waals surface area contributed by atoms with Crippen LogP contribution in [0.2, 0.25) is 0 Å². The van der Waals surface area contributed by atoms with Gasteiger partial charge in [0.25, 0.3) is 5.60 Å². The van der Waals surface area contributed by atoms with E-state index >= 15 is 0 Å². The van der Waals surface area contributed by atoms with Crippen molar-refractivity contribution in [3.05, 3.63) is 12.2 Å². The van der Waals surface area contributed by atoms with Crippen molar-refractivity contribution in [2.75, 3.05) is 6.61 Å². The van der Waals surface area contributed by atoms with Gasteiger partial charge in [-0.1, -0.05) is 6.08 Å². The number of hydrogen-bond acceptors (Lipinski definition) is 4. The molecule has 0 aromatic heterocycles. The fraction of sp³-hybridized carbons (Fsp3) is 0.333. The van der Waals surface area contributed by atoms with Gasteiger partial charge in [0.2, 0.25) is 0 Å². The highest BCUT2D eigenvalue weighted by Gasteiger charge is 2.41. The standard InChI is InChI=1S/C6H8O6/c7-3-1-2-6(12,4(8)9)5(10)11/h1-2,7,12H,3H2,(H,8,9)(H,10,11). The van der Waals surface area contributed by atoms with Gasteiger partial charge in [-0.2, -0.15) is 0 Å². The quantitative estimate of drug-likeness (QED) is 0.304. The summed E-state index contributed by atoms with van der Waals surface area (Å²) in [5.41, 5.74) is -2.96. The second kappa shape index (κ2) is 3.84. The summed E-state index contributed by atoms with van der Waals surface area (Å²) in [6, 6.07) is 0. The molecule has 0 spiro atoms. The van der Waals surface area contributed by atoms with Crippen LogP contribution in [0.15, 0.2) is 12.2 Å². The maximum atomic E-state index is 10.2. The molecule has 0 heterocycles. The van der Waals surface area contributed by atoms with E-state index < -0.39 is 24.1 Å². The smallest absolute Gasteiger partial charge is 0.351 e. The number of rotatable bonds is 4. The lowest BCUT2D eigenvalue weighted by molar-refractivity contribution is -0.169. The van der Waals surface area contributed by atoms with Crippen molar-refractivity contribution in [1.29, 1.82) is 0 Å². The van der Waals surface area contributed by atoms with E-state index in [0.29, 0.717) is 6.08 Å². The summed E-state index contributed by atoms with van der Waals surface area (Å²) in [6.07, 6.45) is 1.33. The van der Waals surface area contributed by atoms with Crippen LogP contribution in [-0.2, 0) is 9.59 Å². The molecule has 0 aliphatic heterocycles. The van der Waals surface area contributed by atoms with E-state index in [1.807, 2.05) is 0 Å². The van der Waals surface area contributed by atoms with Gasteiger partial charge in [0.1, 0.15) is 0 Å². The molecular formula is C6H8O6. The SMILES string of the molecule is O=C(O)C(O)(C=CCO)C(=O)O. The molecule has 0 fully saturated rings. The fourth-order valence-corrected chi connectivity index (χ4v) is 0.457. The van der Waals surface area contributed by atoms with Crippen LogP contribution in [0.5, 0.6) is 0 Å². The molecule has 68 valence electrons. The van der Waals surface area contributed by atoms with Gasteiger partial charge in [0.05, 0.1) is 6.61 Å². The molecule has 0 radical (unpaired) electrons. The van der Waals surface area contributed by atoms with Gasteiger partial charge in [-0.05, 0) is 6.08 Å². The number of carboxylic acid groups (broad SMARTS) is 2. The van der Waals surface area contributed by atoms with Crippen LogP contribution in [0.4, 0.5) is 0 Å². The molecule has 12 heavy (non-hydrogen) atoms. The molecule has 6 nitrogen and oxygen atoms in total. The largest absolute Gasteiger partial charge is 0.478 e. The Morgan fingerprint density at radius 1 is 1.25 bits per heavy atom. The monoisotopic (exact) mass is 176 g/mol. The maximum absolute atomic E-state index is 10.2. The lowest BCUT2D eigenvalue weighted by Crippen LogP contribution is -2.44.